The first-order valence-corrected chi connectivity index (χ1v) is 4.63. The maximum absolute atomic E-state index is 5.97. The molecule has 0 spiro atoms. The Morgan fingerprint density at radius 2 is 2.07 bits per heavy atom. The summed E-state index contributed by atoms with van der Waals surface area (Å²) in [6.45, 7) is 2.44. The van der Waals surface area contributed by atoms with Crippen LogP contribution in [0.1, 0.15) is 5.56 Å². The van der Waals surface area contributed by atoms with Gasteiger partial charge in [-0.15, -0.1) is 0 Å². The molecule has 1 N–H and O–H groups in total. The smallest absolute Gasteiger partial charge is 0.137 e. The van der Waals surface area contributed by atoms with Crippen molar-refractivity contribution in [3.8, 4) is 5.75 Å². The molecule has 0 aliphatic heterocycles. The van der Waals surface area contributed by atoms with Crippen molar-refractivity contribution in [1.82, 2.24) is 0 Å². The van der Waals surface area contributed by atoms with Gasteiger partial charge in [-0.3, -0.25) is 0 Å². The molecule has 1 rings (SSSR count). The molecule has 1 aromatic carbocycles. The van der Waals surface area contributed by atoms with E-state index in [1.165, 1.54) is 0 Å². The van der Waals surface area contributed by atoms with E-state index < -0.39 is 0 Å². The highest BCUT2D eigenvalue weighted by Gasteiger charge is 2.05. The molecule has 14 heavy (non-hydrogen) atoms. The van der Waals surface area contributed by atoms with Crippen LogP contribution >= 0.6 is 11.6 Å². The van der Waals surface area contributed by atoms with Gasteiger partial charge in [-0.2, -0.15) is 0 Å². The Kier molecular flexibility index (Phi) is 4.04. The molecule has 0 saturated carbocycles. The molecule has 0 saturated heterocycles. The number of anilines is 1. The normalized spacial score (nSPS) is 10.0. The predicted octanol–water partition coefficient (Wildman–Crippen LogP) is 2.67. The second-order valence-electron chi connectivity index (χ2n) is 2.91. The molecule has 0 aromatic heterocycles. The van der Waals surface area contributed by atoms with Crippen molar-refractivity contribution in [1.29, 1.82) is 0 Å². The minimum atomic E-state index is 0.462. The van der Waals surface area contributed by atoms with E-state index in [9.17, 15) is 0 Å². The molecule has 0 fully saturated rings. The monoisotopic (exact) mass is 215 g/mol. The van der Waals surface area contributed by atoms with E-state index in [2.05, 4.69) is 5.32 Å². The van der Waals surface area contributed by atoms with Crippen LogP contribution in [0.2, 0.25) is 5.02 Å². The highest BCUT2D eigenvalue weighted by molar-refractivity contribution is 6.32. The number of methoxy groups -OCH3 is 2. The first-order valence-electron chi connectivity index (χ1n) is 4.26. The lowest BCUT2D eigenvalue weighted by Gasteiger charge is -2.11. The fourth-order valence-electron chi connectivity index (χ4n) is 1.15. The summed E-state index contributed by atoms with van der Waals surface area (Å²) in [5.41, 5.74) is 2.03. The summed E-state index contributed by atoms with van der Waals surface area (Å²) in [5, 5.41) is 3.69. The van der Waals surface area contributed by atoms with Gasteiger partial charge in [0.1, 0.15) is 12.5 Å². The lowest BCUT2D eigenvalue weighted by molar-refractivity contribution is 0.221. The third-order valence-corrected chi connectivity index (χ3v) is 2.20. The second kappa shape index (κ2) is 5.08. The van der Waals surface area contributed by atoms with E-state index in [-0.39, 0.29) is 0 Å². The first kappa shape index (κ1) is 11.1. The molecule has 0 bridgehead atoms. The van der Waals surface area contributed by atoms with Gasteiger partial charge in [0.2, 0.25) is 0 Å². The van der Waals surface area contributed by atoms with E-state index >= 15 is 0 Å². The number of aryl methyl sites for hydroxylation is 1. The van der Waals surface area contributed by atoms with E-state index in [1.54, 1.807) is 14.2 Å². The Morgan fingerprint density at radius 3 is 2.64 bits per heavy atom. The van der Waals surface area contributed by atoms with Crippen LogP contribution in [0, 0.1) is 6.92 Å². The van der Waals surface area contributed by atoms with Crippen molar-refractivity contribution >= 4 is 17.3 Å². The fraction of sp³-hybridized carbons (Fsp3) is 0.400. The van der Waals surface area contributed by atoms with Crippen molar-refractivity contribution in [2.24, 2.45) is 0 Å². The van der Waals surface area contributed by atoms with Gasteiger partial charge in [-0.1, -0.05) is 11.6 Å². The Morgan fingerprint density at radius 1 is 1.36 bits per heavy atom. The highest BCUT2D eigenvalue weighted by atomic mass is 35.5. The fourth-order valence-corrected chi connectivity index (χ4v) is 1.39. The van der Waals surface area contributed by atoms with Gasteiger partial charge in [0, 0.05) is 12.8 Å². The largest absolute Gasteiger partial charge is 0.495 e. The summed E-state index contributed by atoms with van der Waals surface area (Å²) >= 11 is 5.97. The topological polar surface area (TPSA) is 30.5 Å². The second-order valence-corrected chi connectivity index (χ2v) is 3.32. The summed E-state index contributed by atoms with van der Waals surface area (Å²) in [5.74, 6) is 0.687. The summed E-state index contributed by atoms with van der Waals surface area (Å²) in [4.78, 5) is 0. The molecular weight excluding hydrogens is 202 g/mol. The summed E-state index contributed by atoms with van der Waals surface area (Å²) < 4.78 is 10.0. The average molecular weight is 216 g/mol. The van der Waals surface area contributed by atoms with Crippen LogP contribution in [-0.4, -0.2) is 21.0 Å². The van der Waals surface area contributed by atoms with Gasteiger partial charge >= 0.3 is 0 Å². The minimum Gasteiger partial charge on any atom is -0.495 e. The molecule has 0 heterocycles. The summed E-state index contributed by atoms with van der Waals surface area (Å²) in [7, 11) is 3.23. The van der Waals surface area contributed by atoms with Gasteiger partial charge in [0.15, 0.2) is 0 Å². The van der Waals surface area contributed by atoms with Crippen LogP contribution in [0.15, 0.2) is 12.1 Å². The molecular formula is C10H14ClNO2. The Labute approximate surface area is 89.0 Å². The Hall–Kier alpha value is -0.930. The zero-order valence-electron chi connectivity index (χ0n) is 8.56. The SMILES string of the molecule is COCNc1cc(Cl)c(OC)cc1C. The van der Waals surface area contributed by atoms with Crippen LogP contribution in [0.25, 0.3) is 0 Å². The van der Waals surface area contributed by atoms with Gasteiger partial charge in [0.05, 0.1) is 12.1 Å². The molecule has 4 heteroatoms. The maximum Gasteiger partial charge on any atom is 0.137 e. The van der Waals surface area contributed by atoms with Crippen LogP contribution in [0.3, 0.4) is 0 Å². The van der Waals surface area contributed by atoms with E-state index in [0.717, 1.165) is 11.3 Å². The standard InChI is InChI=1S/C10H14ClNO2/c1-7-4-10(14-3)8(11)5-9(7)12-6-13-2/h4-5,12H,6H2,1-3H3. The third-order valence-electron chi connectivity index (χ3n) is 1.91. The van der Waals surface area contributed by atoms with Crippen molar-refractivity contribution in [2.45, 2.75) is 6.92 Å². The molecule has 0 atom stereocenters. The van der Waals surface area contributed by atoms with Crippen molar-refractivity contribution in [2.75, 3.05) is 26.3 Å². The molecule has 0 amide bonds. The van der Waals surface area contributed by atoms with Gasteiger partial charge < -0.3 is 14.8 Å². The number of hydrogen-bond acceptors (Lipinski definition) is 3. The summed E-state index contributed by atoms with van der Waals surface area (Å²) in [6.07, 6.45) is 0. The van der Waals surface area contributed by atoms with Gasteiger partial charge in [-0.25, -0.2) is 0 Å². The predicted molar refractivity (Wildman–Crippen MR) is 58.2 cm³/mol. The maximum atomic E-state index is 5.97. The number of halogens is 1. The molecule has 0 unspecified atom stereocenters. The van der Waals surface area contributed by atoms with Crippen molar-refractivity contribution in [3.63, 3.8) is 0 Å². The molecule has 1 aromatic rings. The highest BCUT2D eigenvalue weighted by Crippen LogP contribution is 2.30. The van der Waals surface area contributed by atoms with Crippen molar-refractivity contribution < 1.29 is 9.47 Å². The molecule has 0 aliphatic rings. The first-order chi connectivity index (χ1) is 6.69. The zero-order valence-corrected chi connectivity index (χ0v) is 9.31. The zero-order chi connectivity index (χ0) is 10.6. The quantitative estimate of drug-likeness (QED) is 0.784. The van der Waals surface area contributed by atoms with Crippen LogP contribution in [0.4, 0.5) is 5.69 Å². The minimum absolute atomic E-state index is 0.462. The van der Waals surface area contributed by atoms with Crippen LogP contribution < -0.4 is 10.1 Å². The lowest BCUT2D eigenvalue weighted by atomic mass is 10.2. The molecule has 0 aliphatic carbocycles. The van der Waals surface area contributed by atoms with E-state index in [4.69, 9.17) is 21.1 Å². The number of rotatable bonds is 4. The van der Waals surface area contributed by atoms with E-state index in [0.29, 0.717) is 17.5 Å². The van der Waals surface area contributed by atoms with Crippen LogP contribution in [0.5, 0.6) is 5.75 Å². The van der Waals surface area contributed by atoms with Gasteiger partial charge in [-0.05, 0) is 24.6 Å². The summed E-state index contributed by atoms with van der Waals surface area (Å²) in [6, 6.07) is 3.72. The lowest BCUT2D eigenvalue weighted by Crippen LogP contribution is -2.04. The molecule has 3 nitrogen and oxygen atoms in total. The Bertz CT molecular complexity index is 315. The van der Waals surface area contributed by atoms with Gasteiger partial charge in [0.25, 0.3) is 0 Å². The third kappa shape index (κ3) is 2.53. The number of hydrogen-bond donors (Lipinski definition) is 1. The number of ether oxygens (including phenoxy) is 2. The average Bonchev–Trinajstić information content (AvgIpc) is 2.18. The van der Waals surface area contributed by atoms with Crippen LogP contribution in [-0.2, 0) is 4.74 Å². The molecule has 0 radical (unpaired) electrons. The number of benzene rings is 1. The molecule has 78 valence electrons. The number of nitrogens with one attached hydrogen (secondary N) is 1. The Balaban J connectivity index is 2.90. The van der Waals surface area contributed by atoms with E-state index in [1.807, 2.05) is 19.1 Å². The van der Waals surface area contributed by atoms with Crippen molar-refractivity contribution in [3.05, 3.63) is 22.7 Å².